The number of nitrogens with two attached hydrogens (primary N) is 1. The number of hydrogen-bond acceptors (Lipinski definition) is 4. The normalized spacial score (nSPS) is 19.9. The molecular weight excluding hydrogens is 180 g/mol. The van der Waals surface area contributed by atoms with Crippen LogP contribution in [0.15, 0.2) is 48.0 Å². The molecule has 0 aromatic heterocycles. The zero-order valence-electron chi connectivity index (χ0n) is 7.69. The quantitative estimate of drug-likeness (QED) is 0.513. The highest BCUT2D eigenvalue weighted by atomic mass is 16.6. The van der Waals surface area contributed by atoms with E-state index in [1.807, 2.05) is 12.2 Å². The van der Waals surface area contributed by atoms with Crippen molar-refractivity contribution in [1.82, 2.24) is 5.43 Å². The molecular formula is C10H12N2O2. The van der Waals surface area contributed by atoms with Gasteiger partial charge in [-0.05, 0) is 18.4 Å². The van der Waals surface area contributed by atoms with E-state index < -0.39 is 0 Å². The van der Waals surface area contributed by atoms with E-state index in [4.69, 9.17) is 15.3 Å². The largest absolute Gasteiger partial charge is 0.456 e. The first-order valence-electron chi connectivity index (χ1n) is 4.46. The maximum absolute atomic E-state index is 5.35. The smallest absolute Gasteiger partial charge is 0.242 e. The first-order chi connectivity index (χ1) is 6.90. The molecule has 0 saturated carbocycles. The van der Waals surface area contributed by atoms with E-state index in [9.17, 15) is 0 Å². The molecule has 14 heavy (non-hydrogen) atoms. The molecule has 2 rings (SSSR count). The molecule has 0 atom stereocenters. The number of rotatable bonds is 2. The van der Waals surface area contributed by atoms with Gasteiger partial charge in [-0.25, -0.2) is 5.84 Å². The summed E-state index contributed by atoms with van der Waals surface area (Å²) in [5, 5.41) is 0. The third-order valence-corrected chi connectivity index (χ3v) is 2.06. The van der Waals surface area contributed by atoms with Crippen LogP contribution in [0.2, 0.25) is 0 Å². The molecule has 0 saturated heterocycles. The van der Waals surface area contributed by atoms with Crippen molar-refractivity contribution in [1.29, 1.82) is 0 Å². The van der Waals surface area contributed by atoms with Gasteiger partial charge in [0.05, 0.1) is 0 Å². The van der Waals surface area contributed by atoms with Crippen molar-refractivity contribution >= 4 is 0 Å². The Morgan fingerprint density at radius 2 is 2.21 bits per heavy atom. The molecule has 0 fully saturated rings. The van der Waals surface area contributed by atoms with E-state index in [0.29, 0.717) is 5.88 Å². The number of ether oxygens (including phenoxy) is 2. The second-order valence-corrected chi connectivity index (χ2v) is 3.00. The fourth-order valence-electron chi connectivity index (χ4n) is 1.32. The van der Waals surface area contributed by atoms with E-state index in [0.717, 1.165) is 24.2 Å². The van der Waals surface area contributed by atoms with E-state index in [2.05, 4.69) is 11.5 Å². The molecule has 4 nitrogen and oxygen atoms in total. The fourth-order valence-corrected chi connectivity index (χ4v) is 1.32. The van der Waals surface area contributed by atoms with E-state index >= 15 is 0 Å². The zero-order chi connectivity index (χ0) is 9.80. The molecule has 1 aliphatic carbocycles. The molecule has 2 aliphatic rings. The summed E-state index contributed by atoms with van der Waals surface area (Å²) in [7, 11) is 0. The Hall–Kier alpha value is -1.68. The summed E-state index contributed by atoms with van der Waals surface area (Å²) < 4.78 is 10.5. The molecule has 0 amide bonds. The Morgan fingerprint density at radius 3 is 2.79 bits per heavy atom. The Labute approximate surface area is 82.3 Å². The molecule has 0 aromatic carbocycles. The van der Waals surface area contributed by atoms with E-state index in [-0.39, 0.29) is 0 Å². The fraction of sp³-hybridized carbons (Fsp3) is 0.200. The third-order valence-electron chi connectivity index (χ3n) is 2.06. The van der Waals surface area contributed by atoms with Crippen LogP contribution in [0, 0.1) is 0 Å². The molecule has 0 bridgehead atoms. The Kier molecular flexibility index (Phi) is 2.55. The predicted molar refractivity (Wildman–Crippen MR) is 52.1 cm³/mol. The highest BCUT2D eigenvalue weighted by Gasteiger charge is 2.12. The van der Waals surface area contributed by atoms with Crippen LogP contribution in [0.3, 0.4) is 0 Å². The van der Waals surface area contributed by atoms with Crippen LogP contribution >= 0.6 is 0 Å². The van der Waals surface area contributed by atoms with Crippen LogP contribution in [0.5, 0.6) is 0 Å². The highest BCUT2D eigenvalue weighted by molar-refractivity contribution is 5.32. The van der Waals surface area contributed by atoms with Crippen LogP contribution in [0.25, 0.3) is 0 Å². The SMILES string of the molecule is NNC1=COC(C2=CC=CCC2)=CO1. The van der Waals surface area contributed by atoms with Crippen LogP contribution < -0.4 is 11.3 Å². The number of hydrazine groups is 1. The van der Waals surface area contributed by atoms with Crippen molar-refractivity contribution in [2.75, 3.05) is 0 Å². The zero-order valence-corrected chi connectivity index (χ0v) is 7.69. The maximum Gasteiger partial charge on any atom is 0.242 e. The number of hydrogen-bond donors (Lipinski definition) is 2. The van der Waals surface area contributed by atoms with E-state index in [1.165, 1.54) is 6.26 Å². The Bertz CT molecular complexity index is 340. The summed E-state index contributed by atoms with van der Waals surface area (Å²) in [5.74, 6) is 6.30. The van der Waals surface area contributed by atoms with Crippen molar-refractivity contribution in [3.8, 4) is 0 Å². The van der Waals surface area contributed by atoms with Gasteiger partial charge in [0.15, 0.2) is 12.0 Å². The molecule has 1 aliphatic heterocycles. The van der Waals surface area contributed by atoms with Gasteiger partial charge in [-0.15, -0.1) is 0 Å². The average Bonchev–Trinajstić information content (AvgIpc) is 2.30. The maximum atomic E-state index is 5.35. The highest BCUT2D eigenvalue weighted by Crippen LogP contribution is 2.24. The van der Waals surface area contributed by atoms with Crippen molar-refractivity contribution < 1.29 is 9.47 Å². The lowest BCUT2D eigenvalue weighted by atomic mass is 10.0. The minimum Gasteiger partial charge on any atom is -0.456 e. The summed E-state index contributed by atoms with van der Waals surface area (Å²) in [4.78, 5) is 0. The number of allylic oxidation sites excluding steroid dienone is 4. The van der Waals surface area contributed by atoms with Crippen molar-refractivity contribution in [3.05, 3.63) is 48.0 Å². The summed E-state index contributed by atoms with van der Waals surface area (Å²) >= 11 is 0. The van der Waals surface area contributed by atoms with Crippen LogP contribution in [-0.4, -0.2) is 0 Å². The van der Waals surface area contributed by atoms with Crippen LogP contribution in [0.1, 0.15) is 12.8 Å². The van der Waals surface area contributed by atoms with Gasteiger partial charge < -0.3 is 9.47 Å². The van der Waals surface area contributed by atoms with Gasteiger partial charge in [-0.1, -0.05) is 18.2 Å². The van der Waals surface area contributed by atoms with Gasteiger partial charge in [-0.2, -0.15) is 0 Å². The lowest BCUT2D eigenvalue weighted by Crippen LogP contribution is -2.23. The van der Waals surface area contributed by atoms with Crippen LogP contribution in [-0.2, 0) is 9.47 Å². The van der Waals surface area contributed by atoms with E-state index in [1.54, 1.807) is 6.26 Å². The minimum atomic E-state index is 0.403. The summed E-state index contributed by atoms with van der Waals surface area (Å²) in [5.41, 5.74) is 3.50. The van der Waals surface area contributed by atoms with Gasteiger partial charge in [0.2, 0.25) is 5.88 Å². The standard InChI is InChI=1S/C10H12N2O2/c11-12-10-7-13-9(6-14-10)8-4-2-1-3-5-8/h1-2,4,6-7,12H,3,5,11H2. The van der Waals surface area contributed by atoms with Gasteiger partial charge in [0.1, 0.15) is 6.26 Å². The average molecular weight is 192 g/mol. The number of nitrogens with one attached hydrogen (secondary N) is 1. The molecule has 4 heteroatoms. The van der Waals surface area contributed by atoms with Gasteiger partial charge in [0, 0.05) is 0 Å². The molecule has 0 spiro atoms. The Morgan fingerprint density at radius 1 is 1.29 bits per heavy atom. The first-order valence-corrected chi connectivity index (χ1v) is 4.46. The topological polar surface area (TPSA) is 56.5 Å². The third kappa shape index (κ3) is 1.80. The molecule has 0 unspecified atom stereocenters. The molecule has 1 heterocycles. The monoisotopic (exact) mass is 192 g/mol. The summed E-state index contributed by atoms with van der Waals surface area (Å²) in [6.45, 7) is 0. The lowest BCUT2D eigenvalue weighted by molar-refractivity contribution is 0.215. The van der Waals surface area contributed by atoms with Gasteiger partial charge >= 0.3 is 0 Å². The van der Waals surface area contributed by atoms with Crippen molar-refractivity contribution in [3.63, 3.8) is 0 Å². The minimum absolute atomic E-state index is 0.403. The van der Waals surface area contributed by atoms with Gasteiger partial charge in [-0.3, -0.25) is 5.43 Å². The van der Waals surface area contributed by atoms with Crippen molar-refractivity contribution in [2.24, 2.45) is 5.84 Å². The lowest BCUT2D eigenvalue weighted by Gasteiger charge is -2.17. The van der Waals surface area contributed by atoms with Crippen molar-refractivity contribution in [2.45, 2.75) is 12.8 Å². The molecule has 0 radical (unpaired) electrons. The van der Waals surface area contributed by atoms with Crippen LogP contribution in [0.4, 0.5) is 0 Å². The second-order valence-electron chi connectivity index (χ2n) is 3.00. The summed E-state index contributed by atoms with van der Waals surface area (Å²) in [6.07, 6.45) is 11.2. The molecule has 0 aromatic rings. The molecule has 74 valence electrons. The molecule has 3 N–H and O–H groups in total. The van der Waals surface area contributed by atoms with Gasteiger partial charge in [0.25, 0.3) is 0 Å². The second kappa shape index (κ2) is 4.02. The summed E-state index contributed by atoms with van der Waals surface area (Å²) in [6, 6.07) is 0. The Balaban J connectivity index is 2.04. The first kappa shape index (κ1) is 8.90. The predicted octanol–water partition coefficient (Wildman–Crippen LogP) is 1.41.